The van der Waals surface area contributed by atoms with E-state index in [0.717, 1.165) is 22.5 Å². The minimum absolute atomic E-state index is 0.0335. The van der Waals surface area contributed by atoms with Crippen molar-refractivity contribution in [3.63, 3.8) is 0 Å². The van der Waals surface area contributed by atoms with E-state index in [1.807, 2.05) is 0 Å². The Labute approximate surface area is 145 Å². The number of sulfonamides is 2. The van der Waals surface area contributed by atoms with E-state index < -0.39 is 37.8 Å². The summed E-state index contributed by atoms with van der Waals surface area (Å²) in [7, 11) is -7.75. The van der Waals surface area contributed by atoms with Crippen LogP contribution >= 0.6 is 0 Å². The van der Waals surface area contributed by atoms with Crippen LogP contribution in [-0.2, 0) is 24.8 Å². The molecule has 1 aliphatic rings. The van der Waals surface area contributed by atoms with Crippen LogP contribution < -0.4 is 4.72 Å². The molecule has 0 spiro atoms. The number of hydrogen-bond donors (Lipinski definition) is 2. The maximum absolute atomic E-state index is 14.1. The number of aliphatic carboxylic acids is 1. The average molecular weight is 394 g/mol. The van der Waals surface area contributed by atoms with Gasteiger partial charge < -0.3 is 5.11 Å². The number of benzene rings is 1. The van der Waals surface area contributed by atoms with Crippen LogP contribution in [0.5, 0.6) is 0 Å². The monoisotopic (exact) mass is 394 g/mol. The van der Waals surface area contributed by atoms with Gasteiger partial charge in [0.2, 0.25) is 20.0 Å². The smallest absolute Gasteiger partial charge is 0.307 e. The van der Waals surface area contributed by atoms with E-state index in [1.54, 1.807) is 6.92 Å². The molecule has 11 heteroatoms. The molecule has 0 aliphatic carbocycles. The van der Waals surface area contributed by atoms with Gasteiger partial charge in [-0.2, -0.15) is 4.31 Å². The summed E-state index contributed by atoms with van der Waals surface area (Å²) in [6, 6.07) is 2.86. The van der Waals surface area contributed by atoms with E-state index in [4.69, 9.17) is 5.11 Å². The lowest BCUT2D eigenvalue weighted by Gasteiger charge is -2.16. The Hall–Kier alpha value is -1.72. The first kappa shape index (κ1) is 19.6. The minimum Gasteiger partial charge on any atom is -0.481 e. The standard InChI is InChI=1S/C14H19FN2O6S2/c1-2-7-24(20,21)16-13-4-3-11(8-12(13)15)25(22,23)17-6-5-10(9-17)14(18)19/h3-4,8,10,16H,2,5-7,9H2,1H3,(H,18,19). The summed E-state index contributed by atoms with van der Waals surface area (Å²) < 4.78 is 65.5. The topological polar surface area (TPSA) is 121 Å². The Morgan fingerprint density at radius 1 is 1.36 bits per heavy atom. The lowest BCUT2D eigenvalue weighted by atomic mass is 10.1. The lowest BCUT2D eigenvalue weighted by Crippen LogP contribution is -2.30. The molecule has 1 unspecified atom stereocenters. The van der Waals surface area contributed by atoms with Crippen molar-refractivity contribution in [3.8, 4) is 0 Å². The highest BCUT2D eigenvalue weighted by atomic mass is 32.2. The van der Waals surface area contributed by atoms with Gasteiger partial charge in [-0.25, -0.2) is 21.2 Å². The highest BCUT2D eigenvalue weighted by Crippen LogP contribution is 2.27. The van der Waals surface area contributed by atoms with Crippen molar-refractivity contribution in [2.24, 2.45) is 5.92 Å². The van der Waals surface area contributed by atoms with Crippen molar-refractivity contribution in [1.29, 1.82) is 0 Å². The first-order valence-corrected chi connectivity index (χ1v) is 10.7. The Bertz CT molecular complexity index is 869. The van der Waals surface area contributed by atoms with Gasteiger partial charge in [0.05, 0.1) is 22.3 Å². The number of halogens is 1. The van der Waals surface area contributed by atoms with Crippen molar-refractivity contribution in [1.82, 2.24) is 4.31 Å². The zero-order valence-electron chi connectivity index (χ0n) is 13.5. The Morgan fingerprint density at radius 2 is 2.04 bits per heavy atom. The van der Waals surface area contributed by atoms with Gasteiger partial charge in [0, 0.05) is 13.1 Å². The SMILES string of the molecule is CCCS(=O)(=O)Nc1ccc(S(=O)(=O)N2CCC(C(=O)O)C2)cc1F. The number of carbonyl (C=O) groups is 1. The predicted molar refractivity (Wildman–Crippen MR) is 88.6 cm³/mol. The second-order valence-electron chi connectivity index (χ2n) is 5.75. The molecule has 0 amide bonds. The molecule has 1 aromatic rings. The molecule has 1 fully saturated rings. The average Bonchev–Trinajstić information content (AvgIpc) is 2.99. The zero-order valence-corrected chi connectivity index (χ0v) is 15.1. The summed E-state index contributed by atoms with van der Waals surface area (Å²) in [6.45, 7) is 1.52. The molecule has 1 saturated heterocycles. The molecule has 1 atom stereocenters. The molecule has 8 nitrogen and oxygen atoms in total. The van der Waals surface area contributed by atoms with Gasteiger partial charge in [0.15, 0.2) is 0 Å². The van der Waals surface area contributed by atoms with Crippen molar-refractivity contribution < 1.29 is 31.1 Å². The molecule has 2 rings (SSSR count). The number of nitrogens with one attached hydrogen (secondary N) is 1. The number of rotatable bonds is 7. The summed E-state index contributed by atoms with van der Waals surface area (Å²) in [5.41, 5.74) is -0.336. The summed E-state index contributed by atoms with van der Waals surface area (Å²) in [6.07, 6.45) is 0.537. The second-order valence-corrected chi connectivity index (χ2v) is 9.53. The normalized spacial score (nSPS) is 19.0. The quantitative estimate of drug-likeness (QED) is 0.714. The second kappa shape index (κ2) is 7.26. The molecule has 0 aromatic heterocycles. The van der Waals surface area contributed by atoms with Gasteiger partial charge in [0.25, 0.3) is 0 Å². The molecule has 1 heterocycles. The van der Waals surface area contributed by atoms with Gasteiger partial charge in [-0.05, 0) is 31.0 Å². The lowest BCUT2D eigenvalue weighted by molar-refractivity contribution is -0.141. The van der Waals surface area contributed by atoms with Crippen LogP contribution in [0.3, 0.4) is 0 Å². The van der Waals surface area contributed by atoms with Crippen LogP contribution in [0.2, 0.25) is 0 Å². The van der Waals surface area contributed by atoms with E-state index in [2.05, 4.69) is 4.72 Å². The summed E-state index contributed by atoms with van der Waals surface area (Å²) >= 11 is 0. The van der Waals surface area contributed by atoms with Crippen molar-refractivity contribution in [3.05, 3.63) is 24.0 Å². The molecule has 25 heavy (non-hydrogen) atoms. The third kappa shape index (κ3) is 4.47. The number of nitrogens with zero attached hydrogens (tertiary/aromatic N) is 1. The predicted octanol–water partition coefficient (Wildman–Crippen LogP) is 1.07. The Morgan fingerprint density at radius 3 is 2.56 bits per heavy atom. The van der Waals surface area contributed by atoms with Gasteiger partial charge >= 0.3 is 5.97 Å². The summed E-state index contributed by atoms with van der Waals surface area (Å²) in [4.78, 5) is 10.6. The molecular weight excluding hydrogens is 375 g/mol. The molecular formula is C14H19FN2O6S2. The van der Waals surface area contributed by atoms with E-state index in [1.165, 1.54) is 0 Å². The van der Waals surface area contributed by atoms with Crippen molar-refractivity contribution >= 4 is 31.7 Å². The number of carboxylic acids is 1. The van der Waals surface area contributed by atoms with E-state index in [9.17, 15) is 26.0 Å². The van der Waals surface area contributed by atoms with E-state index in [-0.39, 0.29) is 35.8 Å². The maximum atomic E-state index is 14.1. The van der Waals surface area contributed by atoms with Crippen LogP contribution in [0.25, 0.3) is 0 Å². The number of carboxylic acid groups (broad SMARTS) is 1. The fourth-order valence-corrected chi connectivity index (χ4v) is 5.18. The van der Waals surface area contributed by atoms with Crippen LogP contribution in [0, 0.1) is 11.7 Å². The van der Waals surface area contributed by atoms with Gasteiger partial charge in [-0.15, -0.1) is 0 Å². The zero-order chi connectivity index (χ0) is 18.8. The fraction of sp³-hybridized carbons (Fsp3) is 0.500. The first-order chi connectivity index (χ1) is 11.6. The van der Waals surface area contributed by atoms with E-state index >= 15 is 0 Å². The highest BCUT2D eigenvalue weighted by molar-refractivity contribution is 7.92. The van der Waals surface area contributed by atoms with E-state index in [0.29, 0.717) is 6.42 Å². The molecule has 1 aliphatic heterocycles. The minimum atomic E-state index is -4.05. The Kier molecular flexibility index (Phi) is 5.69. The van der Waals surface area contributed by atoms with Crippen LogP contribution in [0.1, 0.15) is 19.8 Å². The van der Waals surface area contributed by atoms with Gasteiger partial charge in [0.1, 0.15) is 5.82 Å². The molecule has 1 aromatic carbocycles. The fourth-order valence-electron chi connectivity index (χ4n) is 2.52. The molecule has 0 radical (unpaired) electrons. The molecule has 0 bridgehead atoms. The third-order valence-corrected chi connectivity index (χ3v) is 7.15. The van der Waals surface area contributed by atoms with Crippen molar-refractivity contribution in [2.45, 2.75) is 24.7 Å². The van der Waals surface area contributed by atoms with Gasteiger partial charge in [-0.1, -0.05) is 6.92 Å². The molecule has 0 saturated carbocycles. The largest absolute Gasteiger partial charge is 0.481 e. The summed E-state index contributed by atoms with van der Waals surface area (Å²) in [5, 5.41) is 8.95. The van der Waals surface area contributed by atoms with Crippen LogP contribution in [-0.4, -0.2) is 51.1 Å². The van der Waals surface area contributed by atoms with Crippen LogP contribution in [0.15, 0.2) is 23.1 Å². The highest BCUT2D eigenvalue weighted by Gasteiger charge is 2.36. The van der Waals surface area contributed by atoms with Crippen molar-refractivity contribution in [2.75, 3.05) is 23.6 Å². The molecule has 2 N–H and O–H groups in total. The first-order valence-electron chi connectivity index (χ1n) is 7.60. The molecule has 140 valence electrons. The third-order valence-electron chi connectivity index (χ3n) is 3.82. The number of anilines is 1. The maximum Gasteiger partial charge on any atom is 0.307 e. The summed E-state index contributed by atoms with van der Waals surface area (Å²) in [5.74, 6) is -3.07. The van der Waals surface area contributed by atoms with Gasteiger partial charge in [-0.3, -0.25) is 9.52 Å². The van der Waals surface area contributed by atoms with Crippen LogP contribution in [0.4, 0.5) is 10.1 Å². The Balaban J connectivity index is 2.23. The number of hydrogen-bond acceptors (Lipinski definition) is 5.